The van der Waals surface area contributed by atoms with Crippen LogP contribution in [0.3, 0.4) is 0 Å². The molecule has 2 atom stereocenters. The smallest absolute Gasteiger partial charge is 0.323 e. The van der Waals surface area contributed by atoms with Crippen LogP contribution in [0.25, 0.3) is 0 Å². The average Bonchev–Trinajstić information content (AvgIpc) is 2.64. The lowest BCUT2D eigenvalue weighted by Crippen LogP contribution is -2.45. The van der Waals surface area contributed by atoms with E-state index in [-0.39, 0.29) is 0 Å². The summed E-state index contributed by atoms with van der Waals surface area (Å²) in [6.07, 6.45) is 1.99. The molecule has 3 N–H and O–H groups in total. The van der Waals surface area contributed by atoms with Gasteiger partial charge in [-0.3, -0.25) is 4.79 Å². The summed E-state index contributed by atoms with van der Waals surface area (Å²) in [4.78, 5) is 11.0. The summed E-state index contributed by atoms with van der Waals surface area (Å²) in [6, 6.07) is 10.0. The summed E-state index contributed by atoms with van der Waals surface area (Å²) in [5, 5.41) is 9.01. The Bertz CT molecular complexity index is 363. The van der Waals surface area contributed by atoms with Gasteiger partial charge in [-0.15, -0.1) is 0 Å². The third-order valence-corrected chi connectivity index (χ3v) is 3.25. The highest BCUT2D eigenvalue weighted by Gasteiger charge is 2.42. The van der Waals surface area contributed by atoms with Gasteiger partial charge in [0.05, 0.1) is 0 Å². The first-order valence-corrected chi connectivity index (χ1v) is 5.19. The summed E-state index contributed by atoms with van der Waals surface area (Å²) in [7, 11) is 0. The molecule has 0 heterocycles. The Balaban J connectivity index is 2.14. The predicted molar refractivity (Wildman–Crippen MR) is 57.6 cm³/mol. The van der Waals surface area contributed by atoms with Crippen LogP contribution in [0, 0.1) is 0 Å². The fourth-order valence-electron chi connectivity index (χ4n) is 2.28. The summed E-state index contributed by atoms with van der Waals surface area (Å²) in [6.45, 7) is 0. The van der Waals surface area contributed by atoms with Crippen molar-refractivity contribution < 1.29 is 9.90 Å². The summed E-state index contributed by atoms with van der Waals surface area (Å²) in [5.41, 5.74) is 6.02. The van der Waals surface area contributed by atoms with Crippen molar-refractivity contribution in [2.24, 2.45) is 5.73 Å². The number of carboxylic acids is 1. The monoisotopic (exact) mass is 205 g/mol. The van der Waals surface area contributed by atoms with Gasteiger partial charge in [0.15, 0.2) is 0 Å². The second-order valence-corrected chi connectivity index (χ2v) is 4.31. The topological polar surface area (TPSA) is 63.3 Å². The maximum atomic E-state index is 11.0. The molecule has 1 aromatic carbocycles. The van der Waals surface area contributed by atoms with Crippen LogP contribution in [0.2, 0.25) is 0 Å². The van der Waals surface area contributed by atoms with Crippen molar-refractivity contribution in [1.82, 2.24) is 0 Å². The molecular weight excluding hydrogens is 190 g/mol. The largest absolute Gasteiger partial charge is 0.480 e. The van der Waals surface area contributed by atoms with E-state index in [1.165, 1.54) is 5.56 Å². The van der Waals surface area contributed by atoms with Crippen molar-refractivity contribution >= 4 is 5.97 Å². The predicted octanol–water partition coefficient (Wildman–Crippen LogP) is 1.74. The van der Waals surface area contributed by atoms with E-state index in [0.717, 1.165) is 6.42 Å². The Kier molecular flexibility index (Phi) is 2.49. The molecule has 0 bridgehead atoms. The van der Waals surface area contributed by atoms with E-state index in [0.29, 0.717) is 18.8 Å². The first-order valence-electron chi connectivity index (χ1n) is 5.19. The third-order valence-electron chi connectivity index (χ3n) is 3.25. The van der Waals surface area contributed by atoms with Crippen LogP contribution < -0.4 is 5.73 Å². The summed E-state index contributed by atoms with van der Waals surface area (Å²) in [5.74, 6) is -0.576. The van der Waals surface area contributed by atoms with E-state index >= 15 is 0 Å². The summed E-state index contributed by atoms with van der Waals surface area (Å²) >= 11 is 0. The average molecular weight is 205 g/mol. The van der Waals surface area contributed by atoms with Gasteiger partial charge in [0.1, 0.15) is 5.54 Å². The Morgan fingerprint density at radius 2 is 2.07 bits per heavy atom. The third kappa shape index (κ3) is 1.88. The number of aliphatic carboxylic acids is 1. The molecule has 0 aliphatic heterocycles. The molecule has 3 heteroatoms. The van der Waals surface area contributed by atoms with Crippen LogP contribution in [0.5, 0.6) is 0 Å². The van der Waals surface area contributed by atoms with Gasteiger partial charge in [0, 0.05) is 0 Å². The van der Waals surface area contributed by atoms with Gasteiger partial charge in [0.25, 0.3) is 0 Å². The Hall–Kier alpha value is -1.35. The number of carbonyl (C=O) groups is 1. The highest BCUT2D eigenvalue weighted by atomic mass is 16.4. The van der Waals surface area contributed by atoms with Gasteiger partial charge in [0.2, 0.25) is 0 Å². The molecule has 15 heavy (non-hydrogen) atoms. The lowest BCUT2D eigenvalue weighted by atomic mass is 9.93. The van der Waals surface area contributed by atoms with Crippen LogP contribution >= 0.6 is 0 Å². The minimum atomic E-state index is -1.01. The molecule has 0 amide bonds. The zero-order valence-corrected chi connectivity index (χ0v) is 8.52. The van der Waals surface area contributed by atoms with E-state index < -0.39 is 11.5 Å². The van der Waals surface area contributed by atoms with Gasteiger partial charge in [-0.25, -0.2) is 0 Å². The zero-order valence-electron chi connectivity index (χ0n) is 8.52. The first-order chi connectivity index (χ1) is 7.12. The van der Waals surface area contributed by atoms with Crippen LogP contribution in [0.1, 0.15) is 30.7 Å². The van der Waals surface area contributed by atoms with Crippen molar-refractivity contribution in [2.45, 2.75) is 30.7 Å². The molecule has 0 radical (unpaired) electrons. The number of rotatable bonds is 2. The van der Waals surface area contributed by atoms with E-state index in [1.54, 1.807) is 0 Å². The van der Waals surface area contributed by atoms with E-state index in [1.807, 2.05) is 30.3 Å². The molecule has 0 saturated heterocycles. The molecule has 3 nitrogen and oxygen atoms in total. The van der Waals surface area contributed by atoms with Gasteiger partial charge in [-0.05, 0) is 30.7 Å². The van der Waals surface area contributed by atoms with Crippen LogP contribution in [0.4, 0.5) is 0 Å². The van der Waals surface area contributed by atoms with E-state index in [2.05, 4.69) is 0 Å². The minimum Gasteiger partial charge on any atom is -0.480 e. The zero-order chi connectivity index (χ0) is 10.9. The molecule has 1 aromatic rings. The van der Waals surface area contributed by atoms with Gasteiger partial charge in [-0.2, -0.15) is 0 Å². The number of carboxylic acid groups (broad SMARTS) is 1. The minimum absolute atomic E-state index is 0.298. The Morgan fingerprint density at radius 1 is 1.40 bits per heavy atom. The van der Waals surface area contributed by atoms with Gasteiger partial charge in [-0.1, -0.05) is 30.3 Å². The van der Waals surface area contributed by atoms with E-state index in [4.69, 9.17) is 10.8 Å². The Labute approximate surface area is 88.9 Å². The molecule has 1 saturated carbocycles. The standard InChI is InChI=1S/C12H15NO2/c13-12(11(14)15)7-6-10(8-12)9-4-2-1-3-5-9/h1-5,10H,6-8,13H2,(H,14,15)/t10-,12-/m1/s1. The SMILES string of the molecule is N[C@]1(C(=O)O)CC[C@@H](c2ccccc2)C1. The number of nitrogens with two attached hydrogens (primary N) is 1. The van der Waals surface area contributed by atoms with Crippen LogP contribution in [-0.2, 0) is 4.79 Å². The molecule has 1 aliphatic carbocycles. The normalized spacial score (nSPS) is 30.3. The van der Waals surface area contributed by atoms with Crippen molar-refractivity contribution in [1.29, 1.82) is 0 Å². The molecule has 0 spiro atoms. The second-order valence-electron chi connectivity index (χ2n) is 4.31. The van der Waals surface area contributed by atoms with E-state index in [9.17, 15) is 4.79 Å². The molecule has 1 fully saturated rings. The Morgan fingerprint density at radius 3 is 2.60 bits per heavy atom. The summed E-state index contributed by atoms with van der Waals surface area (Å²) < 4.78 is 0. The van der Waals surface area contributed by atoms with Crippen molar-refractivity contribution in [3.05, 3.63) is 35.9 Å². The van der Waals surface area contributed by atoms with Crippen molar-refractivity contribution in [3.63, 3.8) is 0 Å². The molecule has 2 rings (SSSR count). The van der Waals surface area contributed by atoms with Crippen LogP contribution in [0.15, 0.2) is 30.3 Å². The number of hydrogen-bond acceptors (Lipinski definition) is 2. The molecule has 80 valence electrons. The van der Waals surface area contributed by atoms with Crippen molar-refractivity contribution in [2.75, 3.05) is 0 Å². The fourth-order valence-corrected chi connectivity index (χ4v) is 2.28. The highest BCUT2D eigenvalue weighted by molar-refractivity contribution is 5.79. The van der Waals surface area contributed by atoms with Gasteiger partial charge >= 0.3 is 5.97 Å². The lowest BCUT2D eigenvalue weighted by molar-refractivity contribution is -0.143. The maximum Gasteiger partial charge on any atom is 0.323 e. The highest BCUT2D eigenvalue weighted by Crippen LogP contribution is 2.39. The fraction of sp³-hybridized carbons (Fsp3) is 0.417. The molecule has 0 unspecified atom stereocenters. The molecule has 1 aliphatic rings. The van der Waals surface area contributed by atoms with Crippen LogP contribution in [-0.4, -0.2) is 16.6 Å². The number of hydrogen-bond donors (Lipinski definition) is 2. The first kappa shape index (κ1) is 10.2. The second kappa shape index (κ2) is 3.66. The quantitative estimate of drug-likeness (QED) is 0.773. The molecule has 0 aromatic heterocycles. The maximum absolute atomic E-state index is 11.0. The number of benzene rings is 1. The lowest BCUT2D eigenvalue weighted by Gasteiger charge is -2.18. The molecular formula is C12H15NO2. The van der Waals surface area contributed by atoms with Gasteiger partial charge < -0.3 is 10.8 Å². The van der Waals surface area contributed by atoms with Crippen molar-refractivity contribution in [3.8, 4) is 0 Å².